The fraction of sp³-hybridized carbons (Fsp3) is 0.263. The van der Waals surface area contributed by atoms with Crippen LogP contribution in [0, 0.1) is 0 Å². The number of carbonyl (C=O) groups is 1. The Hall–Kier alpha value is -2.82. The Morgan fingerprint density at radius 1 is 1.21 bits per heavy atom. The molecule has 2 rings (SSSR count). The average Bonchev–Trinajstić information content (AvgIpc) is 2.61. The van der Waals surface area contributed by atoms with Gasteiger partial charge in [0, 0.05) is 23.5 Å². The van der Waals surface area contributed by atoms with E-state index in [4.69, 9.17) is 9.47 Å². The standard InChI is InChI=1S/C19H22N2O3/c1-5-6-15-11-16(12-17(23-3)18(15)24-4)19(22)21-13(2)14-7-9-20-10-8-14/h5-13H,1-4H3,(H,21,22)/b6-5+/t13-/m1/s1. The summed E-state index contributed by atoms with van der Waals surface area (Å²) >= 11 is 0. The fourth-order valence-corrected chi connectivity index (χ4v) is 2.44. The van der Waals surface area contributed by atoms with Crippen LogP contribution in [0.1, 0.15) is 41.4 Å². The van der Waals surface area contributed by atoms with Crippen molar-refractivity contribution in [3.05, 3.63) is 59.4 Å². The van der Waals surface area contributed by atoms with Crippen LogP contribution >= 0.6 is 0 Å². The molecule has 0 aliphatic rings. The van der Waals surface area contributed by atoms with Crippen molar-refractivity contribution in [3.8, 4) is 11.5 Å². The fourth-order valence-electron chi connectivity index (χ4n) is 2.44. The molecule has 0 fully saturated rings. The van der Waals surface area contributed by atoms with Gasteiger partial charge in [-0.3, -0.25) is 9.78 Å². The molecule has 24 heavy (non-hydrogen) atoms. The van der Waals surface area contributed by atoms with Crippen LogP contribution in [0.25, 0.3) is 6.08 Å². The van der Waals surface area contributed by atoms with Gasteiger partial charge < -0.3 is 14.8 Å². The number of pyridine rings is 1. The zero-order valence-electron chi connectivity index (χ0n) is 14.4. The highest BCUT2D eigenvalue weighted by Gasteiger charge is 2.17. The van der Waals surface area contributed by atoms with Crippen LogP contribution in [0.3, 0.4) is 0 Å². The maximum absolute atomic E-state index is 12.6. The van der Waals surface area contributed by atoms with E-state index in [9.17, 15) is 4.79 Å². The van der Waals surface area contributed by atoms with Crippen molar-refractivity contribution in [2.45, 2.75) is 19.9 Å². The number of nitrogens with zero attached hydrogens (tertiary/aromatic N) is 1. The van der Waals surface area contributed by atoms with E-state index in [1.165, 1.54) is 0 Å². The predicted molar refractivity (Wildman–Crippen MR) is 94.4 cm³/mol. The van der Waals surface area contributed by atoms with E-state index < -0.39 is 0 Å². The van der Waals surface area contributed by atoms with Gasteiger partial charge in [0.05, 0.1) is 20.3 Å². The third-order valence-electron chi connectivity index (χ3n) is 3.67. The van der Waals surface area contributed by atoms with Gasteiger partial charge in [-0.2, -0.15) is 0 Å². The Kier molecular flexibility index (Phi) is 5.95. The molecular weight excluding hydrogens is 304 g/mol. The third kappa shape index (κ3) is 3.93. The molecule has 1 N–H and O–H groups in total. The van der Waals surface area contributed by atoms with Crippen LogP contribution < -0.4 is 14.8 Å². The first-order valence-corrected chi connectivity index (χ1v) is 7.70. The number of ether oxygens (including phenoxy) is 2. The zero-order chi connectivity index (χ0) is 17.5. The van der Waals surface area contributed by atoms with E-state index in [1.807, 2.05) is 38.1 Å². The largest absolute Gasteiger partial charge is 0.493 e. The van der Waals surface area contributed by atoms with E-state index in [1.54, 1.807) is 38.7 Å². The van der Waals surface area contributed by atoms with Gasteiger partial charge in [-0.05, 0) is 43.7 Å². The van der Waals surface area contributed by atoms with Crippen LogP contribution in [0.5, 0.6) is 11.5 Å². The van der Waals surface area contributed by atoms with E-state index in [2.05, 4.69) is 10.3 Å². The molecule has 0 spiro atoms. The number of nitrogens with one attached hydrogen (secondary N) is 1. The Bertz CT molecular complexity index is 727. The summed E-state index contributed by atoms with van der Waals surface area (Å²) in [4.78, 5) is 16.6. The monoisotopic (exact) mass is 326 g/mol. The van der Waals surface area contributed by atoms with Gasteiger partial charge in [-0.1, -0.05) is 12.2 Å². The summed E-state index contributed by atoms with van der Waals surface area (Å²) in [6.45, 7) is 3.84. The molecule has 5 heteroatoms. The number of methoxy groups -OCH3 is 2. The van der Waals surface area contributed by atoms with Crippen LogP contribution in [0.4, 0.5) is 0 Å². The molecule has 5 nitrogen and oxygen atoms in total. The van der Waals surface area contributed by atoms with E-state index in [-0.39, 0.29) is 11.9 Å². The summed E-state index contributed by atoms with van der Waals surface area (Å²) in [6, 6.07) is 7.10. The van der Waals surface area contributed by atoms with Gasteiger partial charge in [0.2, 0.25) is 0 Å². The van der Waals surface area contributed by atoms with Crippen molar-refractivity contribution in [1.82, 2.24) is 10.3 Å². The third-order valence-corrected chi connectivity index (χ3v) is 3.67. The summed E-state index contributed by atoms with van der Waals surface area (Å²) in [5.74, 6) is 0.954. The molecule has 0 saturated heterocycles. The first kappa shape index (κ1) is 17.5. The molecule has 0 radical (unpaired) electrons. The van der Waals surface area contributed by atoms with Crippen molar-refractivity contribution in [2.24, 2.45) is 0 Å². The number of rotatable bonds is 6. The Morgan fingerprint density at radius 3 is 2.50 bits per heavy atom. The second-order valence-electron chi connectivity index (χ2n) is 5.28. The van der Waals surface area contributed by atoms with Crippen molar-refractivity contribution >= 4 is 12.0 Å². The molecule has 2 aromatic rings. The van der Waals surface area contributed by atoms with E-state index in [0.717, 1.165) is 11.1 Å². The zero-order valence-corrected chi connectivity index (χ0v) is 14.4. The molecule has 1 aromatic carbocycles. The lowest BCUT2D eigenvalue weighted by atomic mass is 10.1. The van der Waals surface area contributed by atoms with Crippen molar-refractivity contribution in [2.75, 3.05) is 14.2 Å². The Balaban J connectivity index is 2.30. The number of hydrogen-bond donors (Lipinski definition) is 1. The maximum atomic E-state index is 12.6. The lowest BCUT2D eigenvalue weighted by Gasteiger charge is -2.16. The number of hydrogen-bond acceptors (Lipinski definition) is 4. The molecule has 1 heterocycles. The molecular formula is C19H22N2O3. The number of benzene rings is 1. The smallest absolute Gasteiger partial charge is 0.251 e. The molecule has 0 aliphatic carbocycles. The molecule has 126 valence electrons. The highest BCUT2D eigenvalue weighted by Crippen LogP contribution is 2.33. The Labute approximate surface area is 142 Å². The maximum Gasteiger partial charge on any atom is 0.251 e. The second kappa shape index (κ2) is 8.15. The highest BCUT2D eigenvalue weighted by molar-refractivity contribution is 5.96. The number of carbonyl (C=O) groups excluding carboxylic acids is 1. The number of aromatic nitrogens is 1. The number of allylic oxidation sites excluding steroid dienone is 1. The summed E-state index contributed by atoms with van der Waals surface area (Å²) in [6.07, 6.45) is 7.18. The SMILES string of the molecule is C/C=C/c1cc(C(=O)N[C@H](C)c2ccncc2)cc(OC)c1OC. The van der Waals surface area contributed by atoms with E-state index in [0.29, 0.717) is 17.1 Å². The lowest BCUT2D eigenvalue weighted by molar-refractivity contribution is 0.0939. The van der Waals surface area contributed by atoms with Gasteiger partial charge in [0.15, 0.2) is 11.5 Å². The molecule has 1 atom stereocenters. The normalized spacial score (nSPS) is 12.0. The average molecular weight is 326 g/mol. The molecule has 0 bridgehead atoms. The minimum Gasteiger partial charge on any atom is -0.493 e. The van der Waals surface area contributed by atoms with Gasteiger partial charge >= 0.3 is 0 Å². The van der Waals surface area contributed by atoms with E-state index >= 15 is 0 Å². The predicted octanol–water partition coefficient (Wildman–Crippen LogP) is 3.62. The topological polar surface area (TPSA) is 60.5 Å². The van der Waals surface area contributed by atoms with Crippen LogP contribution in [0.2, 0.25) is 0 Å². The molecule has 0 aliphatic heterocycles. The van der Waals surface area contributed by atoms with Gasteiger partial charge in [-0.15, -0.1) is 0 Å². The number of amides is 1. The lowest BCUT2D eigenvalue weighted by Crippen LogP contribution is -2.26. The molecule has 1 amide bonds. The molecule has 1 aromatic heterocycles. The summed E-state index contributed by atoms with van der Waals surface area (Å²) < 4.78 is 10.7. The van der Waals surface area contributed by atoms with Crippen molar-refractivity contribution in [1.29, 1.82) is 0 Å². The molecule has 0 saturated carbocycles. The van der Waals surface area contributed by atoms with Crippen LogP contribution in [0.15, 0.2) is 42.7 Å². The molecule has 0 unspecified atom stereocenters. The minimum atomic E-state index is -0.175. The van der Waals surface area contributed by atoms with Crippen molar-refractivity contribution in [3.63, 3.8) is 0 Å². The van der Waals surface area contributed by atoms with Crippen molar-refractivity contribution < 1.29 is 14.3 Å². The van der Waals surface area contributed by atoms with Gasteiger partial charge in [0.25, 0.3) is 5.91 Å². The summed E-state index contributed by atoms with van der Waals surface area (Å²) in [5, 5.41) is 2.98. The Morgan fingerprint density at radius 2 is 1.92 bits per heavy atom. The second-order valence-corrected chi connectivity index (χ2v) is 5.28. The van der Waals surface area contributed by atoms with Crippen LogP contribution in [-0.4, -0.2) is 25.1 Å². The minimum absolute atomic E-state index is 0.126. The first-order valence-electron chi connectivity index (χ1n) is 7.70. The van der Waals surface area contributed by atoms with Crippen LogP contribution in [-0.2, 0) is 0 Å². The summed E-state index contributed by atoms with van der Waals surface area (Å²) in [7, 11) is 3.13. The van der Waals surface area contributed by atoms with Gasteiger partial charge in [-0.25, -0.2) is 0 Å². The summed E-state index contributed by atoms with van der Waals surface area (Å²) in [5.41, 5.74) is 2.30. The highest BCUT2D eigenvalue weighted by atomic mass is 16.5. The first-order chi connectivity index (χ1) is 11.6. The quantitative estimate of drug-likeness (QED) is 0.881. The van der Waals surface area contributed by atoms with Gasteiger partial charge in [0.1, 0.15) is 0 Å².